The molecular formula is C16H17N3OS. The van der Waals surface area contributed by atoms with Crippen LogP contribution >= 0.6 is 11.3 Å². The summed E-state index contributed by atoms with van der Waals surface area (Å²) in [5.41, 5.74) is 2.49. The van der Waals surface area contributed by atoms with Crippen LogP contribution in [-0.4, -0.2) is 23.9 Å². The van der Waals surface area contributed by atoms with Crippen molar-refractivity contribution in [3.8, 4) is 6.07 Å². The number of hydrogen-bond donors (Lipinski definition) is 1. The van der Waals surface area contributed by atoms with Crippen molar-refractivity contribution >= 4 is 22.9 Å². The molecule has 1 unspecified atom stereocenters. The molecule has 0 saturated carbocycles. The smallest absolute Gasteiger partial charge is 0.241 e. The van der Waals surface area contributed by atoms with Crippen LogP contribution in [0.15, 0.2) is 41.1 Å². The lowest BCUT2D eigenvalue weighted by molar-refractivity contribution is -0.120. The van der Waals surface area contributed by atoms with E-state index in [0.717, 1.165) is 6.54 Å². The Labute approximate surface area is 128 Å². The van der Waals surface area contributed by atoms with Crippen LogP contribution in [0.4, 0.5) is 5.69 Å². The largest absolute Gasteiger partial charge is 0.325 e. The summed E-state index contributed by atoms with van der Waals surface area (Å²) in [4.78, 5) is 14.2. The highest BCUT2D eigenvalue weighted by Gasteiger charge is 2.18. The first-order valence-electron chi connectivity index (χ1n) is 6.62. The van der Waals surface area contributed by atoms with E-state index in [1.807, 2.05) is 24.3 Å². The zero-order chi connectivity index (χ0) is 15.2. The number of likely N-dealkylation sites (N-methyl/N-ethyl adjacent to an activating group) is 1. The summed E-state index contributed by atoms with van der Waals surface area (Å²) >= 11 is 1.65. The zero-order valence-corrected chi connectivity index (χ0v) is 12.9. The van der Waals surface area contributed by atoms with Crippen LogP contribution < -0.4 is 5.32 Å². The SMILES string of the molecule is CC(C(=O)Nc1ccc(C#N)cc1)N(C)Cc1ccsc1. The lowest BCUT2D eigenvalue weighted by atomic mass is 10.2. The minimum absolute atomic E-state index is 0.0579. The number of amides is 1. The topological polar surface area (TPSA) is 56.1 Å². The minimum atomic E-state index is -0.236. The Hall–Kier alpha value is -2.16. The van der Waals surface area contributed by atoms with Gasteiger partial charge in [0.25, 0.3) is 0 Å². The molecule has 0 radical (unpaired) electrons. The van der Waals surface area contributed by atoms with Crippen LogP contribution in [-0.2, 0) is 11.3 Å². The standard InChI is InChI=1S/C16H17N3OS/c1-12(19(2)10-14-7-8-21-11-14)16(20)18-15-5-3-13(9-17)4-6-15/h3-8,11-12H,10H2,1-2H3,(H,18,20). The van der Waals surface area contributed by atoms with Gasteiger partial charge in [-0.2, -0.15) is 16.6 Å². The molecule has 1 aromatic heterocycles. The number of hydrogen-bond acceptors (Lipinski definition) is 4. The van der Waals surface area contributed by atoms with Crippen LogP contribution in [0.25, 0.3) is 0 Å². The summed E-state index contributed by atoms with van der Waals surface area (Å²) in [5, 5.41) is 15.7. The first-order valence-corrected chi connectivity index (χ1v) is 7.57. The molecule has 0 aliphatic carbocycles. The molecule has 2 aromatic rings. The molecule has 1 aromatic carbocycles. The molecule has 1 heterocycles. The fourth-order valence-electron chi connectivity index (χ4n) is 1.88. The number of nitriles is 1. The molecule has 0 fully saturated rings. The van der Waals surface area contributed by atoms with E-state index in [2.05, 4.69) is 22.8 Å². The van der Waals surface area contributed by atoms with Gasteiger partial charge >= 0.3 is 0 Å². The summed E-state index contributed by atoms with van der Waals surface area (Å²) in [6.45, 7) is 2.62. The van der Waals surface area contributed by atoms with Crippen molar-refractivity contribution in [2.24, 2.45) is 0 Å². The van der Waals surface area contributed by atoms with Gasteiger partial charge in [-0.1, -0.05) is 0 Å². The highest BCUT2D eigenvalue weighted by Crippen LogP contribution is 2.13. The molecule has 1 atom stereocenters. The second-order valence-corrected chi connectivity index (χ2v) is 5.68. The lowest BCUT2D eigenvalue weighted by Gasteiger charge is -2.23. The molecule has 4 nitrogen and oxygen atoms in total. The lowest BCUT2D eigenvalue weighted by Crippen LogP contribution is -2.39. The van der Waals surface area contributed by atoms with Gasteiger partial charge < -0.3 is 5.32 Å². The average molecular weight is 299 g/mol. The summed E-state index contributed by atoms with van der Waals surface area (Å²) in [6, 6.07) is 10.7. The second-order valence-electron chi connectivity index (χ2n) is 4.90. The summed E-state index contributed by atoms with van der Waals surface area (Å²) in [7, 11) is 1.93. The summed E-state index contributed by atoms with van der Waals surface area (Å²) in [6.07, 6.45) is 0. The maximum Gasteiger partial charge on any atom is 0.241 e. The van der Waals surface area contributed by atoms with Crippen LogP contribution in [0.3, 0.4) is 0 Å². The van der Waals surface area contributed by atoms with Crippen LogP contribution in [0, 0.1) is 11.3 Å². The molecular weight excluding hydrogens is 282 g/mol. The van der Waals surface area contributed by atoms with Gasteiger partial charge in [0.15, 0.2) is 0 Å². The Bertz CT molecular complexity index is 629. The average Bonchev–Trinajstić information content (AvgIpc) is 3.00. The highest BCUT2D eigenvalue weighted by molar-refractivity contribution is 7.07. The van der Waals surface area contributed by atoms with Gasteiger partial charge in [0, 0.05) is 12.2 Å². The minimum Gasteiger partial charge on any atom is -0.325 e. The Morgan fingerprint density at radius 3 is 2.67 bits per heavy atom. The van der Waals surface area contributed by atoms with Gasteiger partial charge in [-0.25, -0.2) is 0 Å². The maximum atomic E-state index is 12.2. The van der Waals surface area contributed by atoms with E-state index in [-0.39, 0.29) is 11.9 Å². The van der Waals surface area contributed by atoms with E-state index in [1.54, 1.807) is 35.6 Å². The number of carbonyl (C=O) groups excluding carboxylic acids is 1. The van der Waals surface area contributed by atoms with Crippen LogP contribution in [0.1, 0.15) is 18.1 Å². The van der Waals surface area contributed by atoms with Gasteiger partial charge in [0.2, 0.25) is 5.91 Å². The van der Waals surface area contributed by atoms with Crippen LogP contribution in [0.5, 0.6) is 0 Å². The number of anilines is 1. The van der Waals surface area contributed by atoms with Crippen molar-refractivity contribution in [3.63, 3.8) is 0 Å². The molecule has 0 saturated heterocycles. The third-order valence-electron chi connectivity index (χ3n) is 3.33. The number of nitrogens with one attached hydrogen (secondary N) is 1. The predicted molar refractivity (Wildman–Crippen MR) is 85.0 cm³/mol. The number of rotatable bonds is 5. The van der Waals surface area contributed by atoms with Gasteiger partial charge in [-0.15, -0.1) is 0 Å². The first kappa shape index (κ1) is 15.2. The van der Waals surface area contributed by atoms with Crippen molar-refractivity contribution in [1.29, 1.82) is 5.26 Å². The van der Waals surface area contributed by atoms with Gasteiger partial charge in [-0.3, -0.25) is 9.69 Å². The van der Waals surface area contributed by atoms with Crippen molar-refractivity contribution in [2.45, 2.75) is 19.5 Å². The first-order chi connectivity index (χ1) is 10.1. The predicted octanol–water partition coefficient (Wildman–Crippen LogP) is 3.08. The Kier molecular flexibility index (Phi) is 5.09. The third kappa shape index (κ3) is 4.15. The summed E-state index contributed by atoms with van der Waals surface area (Å²) < 4.78 is 0. The molecule has 0 aliphatic rings. The molecule has 108 valence electrons. The van der Waals surface area contributed by atoms with Gasteiger partial charge in [0.1, 0.15) is 0 Å². The Morgan fingerprint density at radius 2 is 2.10 bits per heavy atom. The van der Waals surface area contributed by atoms with Gasteiger partial charge in [0.05, 0.1) is 17.7 Å². The monoisotopic (exact) mass is 299 g/mol. The molecule has 5 heteroatoms. The normalized spacial score (nSPS) is 11.9. The van der Waals surface area contributed by atoms with E-state index < -0.39 is 0 Å². The number of carbonyl (C=O) groups is 1. The number of nitrogens with zero attached hydrogens (tertiary/aromatic N) is 2. The zero-order valence-electron chi connectivity index (χ0n) is 12.0. The fraction of sp³-hybridized carbons (Fsp3) is 0.250. The molecule has 0 spiro atoms. The molecule has 21 heavy (non-hydrogen) atoms. The highest BCUT2D eigenvalue weighted by atomic mass is 32.1. The van der Waals surface area contributed by atoms with E-state index in [9.17, 15) is 4.79 Å². The number of thiophene rings is 1. The third-order valence-corrected chi connectivity index (χ3v) is 4.07. The van der Waals surface area contributed by atoms with Crippen molar-refractivity contribution in [1.82, 2.24) is 4.90 Å². The molecule has 1 amide bonds. The van der Waals surface area contributed by atoms with Crippen molar-refractivity contribution in [3.05, 3.63) is 52.2 Å². The van der Waals surface area contributed by atoms with E-state index in [0.29, 0.717) is 11.3 Å². The van der Waals surface area contributed by atoms with Gasteiger partial charge in [-0.05, 0) is 60.6 Å². The maximum absolute atomic E-state index is 12.2. The number of benzene rings is 1. The molecule has 0 bridgehead atoms. The Balaban J connectivity index is 1.93. The molecule has 2 rings (SSSR count). The molecule has 0 aliphatic heterocycles. The second kappa shape index (κ2) is 7.02. The van der Waals surface area contributed by atoms with E-state index in [1.165, 1.54) is 5.56 Å². The van der Waals surface area contributed by atoms with Crippen molar-refractivity contribution in [2.75, 3.05) is 12.4 Å². The van der Waals surface area contributed by atoms with E-state index >= 15 is 0 Å². The fourth-order valence-corrected chi connectivity index (χ4v) is 2.54. The van der Waals surface area contributed by atoms with Crippen molar-refractivity contribution < 1.29 is 4.79 Å². The van der Waals surface area contributed by atoms with E-state index in [4.69, 9.17) is 5.26 Å². The summed E-state index contributed by atoms with van der Waals surface area (Å²) in [5.74, 6) is -0.0579. The molecule has 1 N–H and O–H groups in total. The Morgan fingerprint density at radius 1 is 1.38 bits per heavy atom. The quantitative estimate of drug-likeness (QED) is 0.923. The van der Waals surface area contributed by atoms with Crippen LogP contribution in [0.2, 0.25) is 0 Å².